The lowest BCUT2D eigenvalue weighted by Gasteiger charge is -2.19. The van der Waals surface area contributed by atoms with Crippen molar-refractivity contribution in [2.24, 2.45) is 7.05 Å². The highest BCUT2D eigenvalue weighted by Gasteiger charge is 2.21. The molecular weight excluding hydrogens is 438 g/mol. The first-order valence-corrected chi connectivity index (χ1v) is 10.4. The summed E-state index contributed by atoms with van der Waals surface area (Å²) in [5, 5.41) is 7.96. The average Bonchev–Trinajstić information content (AvgIpc) is 3.20. The van der Waals surface area contributed by atoms with Crippen LogP contribution in [-0.2, 0) is 26.2 Å². The van der Waals surface area contributed by atoms with Crippen LogP contribution in [0.3, 0.4) is 0 Å². The van der Waals surface area contributed by atoms with Crippen molar-refractivity contribution in [2.75, 3.05) is 17.2 Å². The molecule has 3 N–H and O–H groups in total. The Hall–Kier alpha value is -4.47. The number of benzene rings is 2. The first-order valence-electron chi connectivity index (χ1n) is 10.4. The van der Waals surface area contributed by atoms with Crippen LogP contribution in [0.2, 0.25) is 0 Å². The average molecular weight is 463 g/mol. The molecule has 0 saturated carbocycles. The summed E-state index contributed by atoms with van der Waals surface area (Å²) in [6.45, 7) is 2.10. The van der Waals surface area contributed by atoms with Crippen molar-refractivity contribution in [2.45, 2.75) is 19.9 Å². The zero-order chi connectivity index (χ0) is 24.7. The largest absolute Gasteiger partial charge is 0.452 e. The van der Waals surface area contributed by atoms with Crippen molar-refractivity contribution in [3.05, 3.63) is 77.9 Å². The SMILES string of the molecule is CC(=O)Nc1cc(NC(C)=O)cc(C(=O)OCC(=O)NC(c2ccccc2)c2nccn2C)c1. The van der Waals surface area contributed by atoms with Crippen LogP contribution in [0.25, 0.3) is 0 Å². The summed E-state index contributed by atoms with van der Waals surface area (Å²) in [6.07, 6.45) is 3.40. The van der Waals surface area contributed by atoms with Crippen molar-refractivity contribution >= 4 is 35.1 Å². The van der Waals surface area contributed by atoms with Crippen molar-refractivity contribution in [1.29, 1.82) is 0 Å². The predicted octanol–water partition coefficient (Wildman–Crippen LogP) is 2.40. The van der Waals surface area contributed by atoms with Gasteiger partial charge in [0.15, 0.2) is 6.61 Å². The maximum absolute atomic E-state index is 12.7. The summed E-state index contributed by atoms with van der Waals surface area (Å²) < 4.78 is 6.98. The number of carbonyl (C=O) groups is 4. The lowest BCUT2D eigenvalue weighted by molar-refractivity contribution is -0.124. The Morgan fingerprint density at radius 1 is 0.971 bits per heavy atom. The van der Waals surface area contributed by atoms with Gasteiger partial charge in [-0.05, 0) is 23.8 Å². The van der Waals surface area contributed by atoms with E-state index in [1.165, 1.54) is 32.0 Å². The van der Waals surface area contributed by atoms with Crippen LogP contribution < -0.4 is 16.0 Å². The van der Waals surface area contributed by atoms with E-state index in [1.807, 2.05) is 37.4 Å². The number of hydrogen-bond donors (Lipinski definition) is 3. The third-order valence-electron chi connectivity index (χ3n) is 4.70. The van der Waals surface area contributed by atoms with Gasteiger partial charge in [-0.25, -0.2) is 9.78 Å². The Kier molecular flexibility index (Phi) is 7.75. The van der Waals surface area contributed by atoms with E-state index in [2.05, 4.69) is 20.9 Å². The van der Waals surface area contributed by atoms with E-state index in [4.69, 9.17) is 4.74 Å². The molecule has 2 aromatic carbocycles. The second-order valence-corrected chi connectivity index (χ2v) is 7.55. The first kappa shape index (κ1) is 24.2. The number of amides is 3. The Balaban J connectivity index is 1.72. The van der Waals surface area contributed by atoms with Gasteiger partial charge in [0, 0.05) is 44.7 Å². The Morgan fingerprint density at radius 3 is 2.12 bits per heavy atom. The van der Waals surface area contributed by atoms with Gasteiger partial charge in [0.05, 0.1) is 5.56 Å². The number of hydrogen-bond acceptors (Lipinski definition) is 6. The van der Waals surface area contributed by atoms with Crippen molar-refractivity contribution in [1.82, 2.24) is 14.9 Å². The molecule has 3 aromatic rings. The molecule has 0 saturated heterocycles. The van der Waals surface area contributed by atoms with E-state index >= 15 is 0 Å². The van der Waals surface area contributed by atoms with Crippen molar-refractivity contribution in [3.8, 4) is 0 Å². The number of imidazole rings is 1. The van der Waals surface area contributed by atoms with E-state index in [-0.39, 0.29) is 17.4 Å². The number of anilines is 2. The number of ether oxygens (including phenoxy) is 1. The smallest absolute Gasteiger partial charge is 0.338 e. The molecule has 1 heterocycles. The highest BCUT2D eigenvalue weighted by Crippen LogP contribution is 2.21. The molecule has 1 atom stereocenters. The molecular formula is C24H25N5O5. The molecule has 0 aliphatic carbocycles. The lowest BCUT2D eigenvalue weighted by Crippen LogP contribution is -2.34. The highest BCUT2D eigenvalue weighted by molar-refractivity contribution is 5.98. The lowest BCUT2D eigenvalue weighted by atomic mass is 10.1. The number of esters is 1. The maximum atomic E-state index is 12.7. The zero-order valence-electron chi connectivity index (χ0n) is 19.0. The van der Waals surface area contributed by atoms with Gasteiger partial charge in [-0.2, -0.15) is 0 Å². The fourth-order valence-corrected chi connectivity index (χ4v) is 3.31. The quantitative estimate of drug-likeness (QED) is 0.440. The second-order valence-electron chi connectivity index (χ2n) is 7.55. The van der Waals surface area contributed by atoms with E-state index in [9.17, 15) is 19.2 Å². The van der Waals surface area contributed by atoms with Gasteiger partial charge in [-0.15, -0.1) is 0 Å². The summed E-state index contributed by atoms with van der Waals surface area (Å²) in [6, 6.07) is 13.1. The zero-order valence-corrected chi connectivity index (χ0v) is 19.0. The fourth-order valence-electron chi connectivity index (χ4n) is 3.31. The Bertz CT molecular complexity index is 1170. The summed E-state index contributed by atoms with van der Waals surface area (Å²) in [5.74, 6) is -1.39. The van der Waals surface area contributed by atoms with Crippen LogP contribution in [0.15, 0.2) is 60.9 Å². The van der Waals surface area contributed by atoms with Crippen LogP contribution in [0.4, 0.5) is 11.4 Å². The highest BCUT2D eigenvalue weighted by atomic mass is 16.5. The minimum atomic E-state index is -0.790. The molecule has 0 spiro atoms. The third-order valence-corrected chi connectivity index (χ3v) is 4.70. The Morgan fingerprint density at radius 2 is 1.59 bits per heavy atom. The first-order chi connectivity index (χ1) is 16.2. The maximum Gasteiger partial charge on any atom is 0.338 e. The standard InChI is InChI=1S/C24H25N5O5/c1-15(30)26-19-11-18(12-20(13-19)27-16(2)31)24(33)34-14-21(32)28-22(17-7-5-4-6-8-17)23-25-9-10-29(23)3/h4-13,22H,14H2,1-3H3,(H,26,30)(H,27,31)(H,28,32). The van der Waals surface area contributed by atoms with Gasteiger partial charge in [0.2, 0.25) is 11.8 Å². The van der Waals surface area contributed by atoms with Crippen molar-refractivity contribution in [3.63, 3.8) is 0 Å². The van der Waals surface area contributed by atoms with Crippen LogP contribution in [0.1, 0.15) is 41.6 Å². The van der Waals surface area contributed by atoms with Gasteiger partial charge in [-0.3, -0.25) is 14.4 Å². The minimum Gasteiger partial charge on any atom is -0.452 e. The molecule has 1 aromatic heterocycles. The molecule has 34 heavy (non-hydrogen) atoms. The summed E-state index contributed by atoms with van der Waals surface area (Å²) in [5.41, 5.74) is 1.48. The van der Waals surface area contributed by atoms with Gasteiger partial charge in [0.1, 0.15) is 11.9 Å². The molecule has 0 aliphatic heterocycles. The van der Waals surface area contributed by atoms with Crippen molar-refractivity contribution < 1.29 is 23.9 Å². The predicted molar refractivity (Wildman–Crippen MR) is 125 cm³/mol. The number of rotatable bonds is 8. The van der Waals surface area contributed by atoms with Crippen LogP contribution in [-0.4, -0.2) is 39.8 Å². The Labute approximate surface area is 196 Å². The van der Waals surface area contributed by atoms with E-state index in [0.717, 1.165) is 5.56 Å². The topological polar surface area (TPSA) is 131 Å². The molecule has 0 aliphatic rings. The molecule has 10 heteroatoms. The van der Waals surface area contributed by atoms with Crippen LogP contribution in [0.5, 0.6) is 0 Å². The van der Waals surface area contributed by atoms with Gasteiger partial charge >= 0.3 is 5.97 Å². The molecule has 0 fully saturated rings. The van der Waals surface area contributed by atoms with Crippen LogP contribution in [0, 0.1) is 0 Å². The normalized spacial score (nSPS) is 11.3. The number of aryl methyl sites for hydroxylation is 1. The molecule has 0 bridgehead atoms. The molecule has 3 rings (SSSR count). The van der Waals surface area contributed by atoms with E-state index in [0.29, 0.717) is 17.2 Å². The molecule has 0 radical (unpaired) electrons. The summed E-state index contributed by atoms with van der Waals surface area (Å²) in [4.78, 5) is 52.4. The van der Waals surface area contributed by atoms with E-state index < -0.39 is 24.5 Å². The van der Waals surface area contributed by atoms with Gasteiger partial charge in [0.25, 0.3) is 5.91 Å². The monoisotopic (exact) mass is 463 g/mol. The van der Waals surface area contributed by atoms with Crippen LogP contribution >= 0.6 is 0 Å². The number of nitrogens with one attached hydrogen (secondary N) is 3. The summed E-state index contributed by atoms with van der Waals surface area (Å²) >= 11 is 0. The fraction of sp³-hybridized carbons (Fsp3) is 0.208. The second kappa shape index (κ2) is 10.9. The molecule has 176 valence electrons. The molecule has 3 amide bonds. The number of nitrogens with zero attached hydrogens (tertiary/aromatic N) is 2. The molecule has 10 nitrogen and oxygen atoms in total. The van der Waals surface area contributed by atoms with Gasteiger partial charge in [-0.1, -0.05) is 30.3 Å². The number of aromatic nitrogens is 2. The van der Waals surface area contributed by atoms with E-state index in [1.54, 1.807) is 17.0 Å². The van der Waals surface area contributed by atoms with Gasteiger partial charge < -0.3 is 25.3 Å². The minimum absolute atomic E-state index is 0.0616. The molecule has 1 unspecified atom stereocenters. The summed E-state index contributed by atoms with van der Waals surface area (Å²) in [7, 11) is 1.82. The number of carbonyl (C=O) groups excluding carboxylic acids is 4. The third kappa shape index (κ3) is 6.52.